The molecule has 6 heteroatoms. The lowest BCUT2D eigenvalue weighted by molar-refractivity contribution is 0.737. The molecule has 0 aromatic carbocycles. The zero-order chi connectivity index (χ0) is 10.1. The van der Waals surface area contributed by atoms with Crippen molar-refractivity contribution in [1.82, 2.24) is 9.55 Å². The van der Waals surface area contributed by atoms with Crippen molar-refractivity contribution in [3.63, 3.8) is 0 Å². The van der Waals surface area contributed by atoms with Gasteiger partial charge in [0.15, 0.2) is 0 Å². The molecule has 2 rings (SSSR count). The van der Waals surface area contributed by atoms with Crippen molar-refractivity contribution in [1.29, 1.82) is 0 Å². The minimum Gasteiger partial charge on any atom is -0.292 e. The number of H-pyrrole nitrogens is 1. The van der Waals surface area contributed by atoms with E-state index < -0.39 is 0 Å². The van der Waals surface area contributed by atoms with Crippen LogP contribution in [0.15, 0.2) is 21.0 Å². The molecule has 0 saturated heterocycles. The van der Waals surface area contributed by atoms with Gasteiger partial charge < -0.3 is 0 Å². The van der Waals surface area contributed by atoms with Crippen LogP contribution in [-0.4, -0.2) is 15.3 Å². The second-order valence-electron chi connectivity index (χ2n) is 2.77. The molecule has 0 radical (unpaired) electrons. The second kappa shape index (κ2) is 3.62. The molecule has 0 spiro atoms. The Balaban J connectivity index is 2.86. The molecule has 0 fully saturated rings. The SMILES string of the molecule is O=c1[nH]c(=O)n(CCS)c2ccsc12. The van der Waals surface area contributed by atoms with Gasteiger partial charge in [-0.2, -0.15) is 12.6 Å². The molecule has 2 heterocycles. The first-order chi connectivity index (χ1) is 6.74. The van der Waals surface area contributed by atoms with Crippen molar-refractivity contribution in [2.75, 3.05) is 5.75 Å². The monoisotopic (exact) mass is 228 g/mol. The predicted octanol–water partition coefficient (Wildman–Crippen LogP) is 0.681. The van der Waals surface area contributed by atoms with Gasteiger partial charge in [0, 0.05) is 12.3 Å². The fourth-order valence-corrected chi connectivity index (χ4v) is 2.33. The Morgan fingerprint density at radius 1 is 1.50 bits per heavy atom. The van der Waals surface area contributed by atoms with Crippen LogP contribution in [0.25, 0.3) is 10.2 Å². The molecule has 0 unspecified atom stereocenters. The third kappa shape index (κ3) is 1.40. The number of fused-ring (bicyclic) bond motifs is 1. The van der Waals surface area contributed by atoms with E-state index in [-0.39, 0.29) is 11.2 Å². The maximum atomic E-state index is 11.4. The zero-order valence-corrected chi connectivity index (χ0v) is 8.90. The number of aromatic nitrogens is 2. The minimum absolute atomic E-state index is 0.310. The molecular formula is C8H8N2O2S2. The first kappa shape index (κ1) is 9.54. The molecule has 2 aromatic rings. The van der Waals surface area contributed by atoms with Crippen LogP contribution in [0.2, 0.25) is 0 Å². The smallest absolute Gasteiger partial charge is 0.292 e. The summed E-state index contributed by atoms with van der Waals surface area (Å²) in [4.78, 5) is 25.0. The summed E-state index contributed by atoms with van der Waals surface area (Å²) < 4.78 is 2.12. The summed E-state index contributed by atoms with van der Waals surface area (Å²) in [5.74, 6) is 0.566. The molecule has 0 atom stereocenters. The van der Waals surface area contributed by atoms with E-state index in [4.69, 9.17) is 0 Å². The largest absolute Gasteiger partial charge is 0.328 e. The highest BCUT2D eigenvalue weighted by Gasteiger charge is 2.06. The molecule has 0 aliphatic rings. The average Bonchev–Trinajstić information content (AvgIpc) is 2.60. The van der Waals surface area contributed by atoms with Gasteiger partial charge in [-0.15, -0.1) is 11.3 Å². The Hall–Kier alpha value is -1.01. The Morgan fingerprint density at radius 3 is 3.00 bits per heavy atom. The maximum absolute atomic E-state index is 11.4. The lowest BCUT2D eigenvalue weighted by Gasteiger charge is -2.03. The topological polar surface area (TPSA) is 54.9 Å². The summed E-state index contributed by atoms with van der Waals surface area (Å²) in [6.45, 7) is 0.506. The summed E-state index contributed by atoms with van der Waals surface area (Å²) in [5.41, 5.74) is 0.0168. The van der Waals surface area contributed by atoms with Crippen molar-refractivity contribution in [2.24, 2.45) is 0 Å². The highest BCUT2D eigenvalue weighted by molar-refractivity contribution is 7.80. The van der Waals surface area contributed by atoms with E-state index in [1.807, 2.05) is 0 Å². The van der Waals surface area contributed by atoms with Gasteiger partial charge in [-0.25, -0.2) is 4.79 Å². The van der Waals surface area contributed by atoms with Gasteiger partial charge in [-0.05, 0) is 11.4 Å². The first-order valence-corrected chi connectivity index (χ1v) is 5.56. The van der Waals surface area contributed by atoms with Crippen molar-refractivity contribution in [2.45, 2.75) is 6.54 Å². The lowest BCUT2D eigenvalue weighted by atomic mass is 10.4. The average molecular weight is 228 g/mol. The Kier molecular flexibility index (Phi) is 2.47. The molecule has 2 aromatic heterocycles. The number of hydrogen-bond donors (Lipinski definition) is 2. The van der Waals surface area contributed by atoms with E-state index in [0.29, 0.717) is 22.5 Å². The number of nitrogens with one attached hydrogen (secondary N) is 1. The van der Waals surface area contributed by atoms with Crippen LogP contribution < -0.4 is 11.2 Å². The quantitative estimate of drug-likeness (QED) is 0.743. The summed E-state index contributed by atoms with van der Waals surface area (Å²) in [6, 6.07) is 1.78. The molecule has 0 bridgehead atoms. The number of thiol groups is 1. The Labute approximate surface area is 88.6 Å². The Bertz CT molecular complexity index is 566. The predicted molar refractivity (Wildman–Crippen MR) is 60.6 cm³/mol. The van der Waals surface area contributed by atoms with E-state index in [1.54, 1.807) is 11.4 Å². The molecule has 0 saturated carbocycles. The van der Waals surface area contributed by atoms with Crippen LogP contribution in [0.1, 0.15) is 0 Å². The fourth-order valence-electron chi connectivity index (χ4n) is 1.34. The van der Waals surface area contributed by atoms with Gasteiger partial charge in [0.05, 0.1) is 5.52 Å². The zero-order valence-electron chi connectivity index (χ0n) is 7.19. The standard InChI is InChI=1S/C8H8N2O2S2/c11-7-6-5(1-4-14-6)10(2-3-13)8(12)9-7/h1,4,13H,2-3H2,(H,9,11,12). The summed E-state index contributed by atoms with van der Waals surface area (Å²) in [7, 11) is 0. The number of aromatic amines is 1. The van der Waals surface area contributed by atoms with Crippen LogP contribution in [0.5, 0.6) is 0 Å². The number of rotatable bonds is 2. The number of thiophene rings is 1. The normalized spacial score (nSPS) is 10.9. The molecule has 0 amide bonds. The molecular weight excluding hydrogens is 220 g/mol. The van der Waals surface area contributed by atoms with Crippen LogP contribution in [0.4, 0.5) is 0 Å². The number of aryl methyl sites for hydroxylation is 1. The van der Waals surface area contributed by atoms with Crippen molar-refractivity contribution in [3.05, 3.63) is 32.3 Å². The van der Waals surface area contributed by atoms with Gasteiger partial charge in [0.25, 0.3) is 5.56 Å². The van der Waals surface area contributed by atoms with E-state index in [2.05, 4.69) is 17.6 Å². The molecule has 4 nitrogen and oxygen atoms in total. The van der Waals surface area contributed by atoms with Crippen molar-refractivity contribution in [3.8, 4) is 0 Å². The highest BCUT2D eigenvalue weighted by atomic mass is 32.1. The molecule has 14 heavy (non-hydrogen) atoms. The van der Waals surface area contributed by atoms with Gasteiger partial charge in [-0.1, -0.05) is 0 Å². The summed E-state index contributed by atoms with van der Waals surface area (Å²) >= 11 is 5.40. The van der Waals surface area contributed by atoms with Gasteiger partial charge >= 0.3 is 5.69 Å². The summed E-state index contributed by atoms with van der Waals surface area (Å²) in [6.07, 6.45) is 0. The first-order valence-electron chi connectivity index (χ1n) is 4.05. The van der Waals surface area contributed by atoms with Crippen LogP contribution in [0.3, 0.4) is 0 Å². The number of hydrogen-bond acceptors (Lipinski definition) is 4. The fraction of sp³-hybridized carbons (Fsp3) is 0.250. The van der Waals surface area contributed by atoms with Crippen LogP contribution >= 0.6 is 24.0 Å². The molecule has 1 N–H and O–H groups in total. The van der Waals surface area contributed by atoms with Gasteiger partial charge in [-0.3, -0.25) is 14.3 Å². The van der Waals surface area contributed by atoms with E-state index in [9.17, 15) is 9.59 Å². The Morgan fingerprint density at radius 2 is 2.29 bits per heavy atom. The van der Waals surface area contributed by atoms with Gasteiger partial charge in [0.2, 0.25) is 0 Å². The molecule has 0 aliphatic heterocycles. The maximum Gasteiger partial charge on any atom is 0.328 e. The molecule has 0 aliphatic carbocycles. The third-order valence-electron chi connectivity index (χ3n) is 1.93. The van der Waals surface area contributed by atoms with Crippen LogP contribution in [-0.2, 0) is 6.54 Å². The van der Waals surface area contributed by atoms with E-state index in [0.717, 1.165) is 0 Å². The highest BCUT2D eigenvalue weighted by Crippen LogP contribution is 2.14. The second-order valence-corrected chi connectivity index (χ2v) is 4.13. The van der Waals surface area contributed by atoms with Crippen LogP contribution in [0, 0.1) is 0 Å². The minimum atomic E-state index is -0.366. The van der Waals surface area contributed by atoms with Crippen molar-refractivity contribution >= 4 is 34.2 Å². The van der Waals surface area contributed by atoms with E-state index in [1.165, 1.54) is 15.9 Å². The third-order valence-corrected chi connectivity index (χ3v) is 3.03. The molecule has 74 valence electrons. The summed E-state index contributed by atoms with van der Waals surface area (Å²) in [5, 5.41) is 1.80. The van der Waals surface area contributed by atoms with Crippen molar-refractivity contribution < 1.29 is 0 Å². The lowest BCUT2D eigenvalue weighted by Crippen LogP contribution is -2.29. The number of nitrogens with zero attached hydrogens (tertiary/aromatic N) is 1. The van der Waals surface area contributed by atoms with E-state index >= 15 is 0 Å². The van der Waals surface area contributed by atoms with Gasteiger partial charge in [0.1, 0.15) is 4.70 Å².